The van der Waals surface area contributed by atoms with E-state index < -0.39 is 6.09 Å². The highest BCUT2D eigenvalue weighted by atomic mass is 16.5. The SMILES string of the molecule is Cc1ccc(-c2noc([C@H]3CCCN(C(=O)O)C3)n2)cc1NC(=O)c1cnc2ccccn12. The van der Waals surface area contributed by atoms with Crippen molar-refractivity contribution in [3.8, 4) is 11.4 Å². The number of benzene rings is 1. The van der Waals surface area contributed by atoms with Crippen molar-refractivity contribution in [1.29, 1.82) is 0 Å². The van der Waals surface area contributed by atoms with E-state index in [9.17, 15) is 14.7 Å². The molecule has 4 aromatic rings. The second kappa shape index (κ2) is 8.38. The molecule has 1 saturated heterocycles. The molecule has 10 nitrogen and oxygen atoms in total. The quantitative estimate of drug-likeness (QED) is 0.488. The summed E-state index contributed by atoms with van der Waals surface area (Å²) in [6.07, 6.45) is 3.93. The average Bonchev–Trinajstić information content (AvgIpc) is 3.48. The van der Waals surface area contributed by atoms with Crippen molar-refractivity contribution in [3.63, 3.8) is 0 Å². The zero-order valence-corrected chi connectivity index (χ0v) is 17.9. The van der Waals surface area contributed by atoms with Crippen molar-refractivity contribution in [2.45, 2.75) is 25.7 Å². The first kappa shape index (κ1) is 20.7. The van der Waals surface area contributed by atoms with E-state index in [1.165, 1.54) is 4.90 Å². The molecule has 0 spiro atoms. The van der Waals surface area contributed by atoms with Crippen LogP contribution in [0.5, 0.6) is 0 Å². The standard InChI is InChI=1S/C23H22N6O4/c1-14-7-8-15(20-26-22(33-27-20)16-5-4-9-28(13-16)23(31)32)11-17(14)25-21(30)18-12-24-19-6-2-3-10-29(18)19/h2-3,6-8,10-12,16H,4-5,9,13H2,1H3,(H,25,30)(H,31,32)/t16-/m0/s1. The zero-order chi connectivity index (χ0) is 22.9. The van der Waals surface area contributed by atoms with E-state index in [1.54, 1.807) is 22.9 Å². The third-order valence-corrected chi connectivity index (χ3v) is 5.88. The number of hydrogen-bond acceptors (Lipinski definition) is 6. The summed E-state index contributed by atoms with van der Waals surface area (Å²) >= 11 is 0. The minimum Gasteiger partial charge on any atom is -0.465 e. The Kier molecular flexibility index (Phi) is 5.25. The van der Waals surface area contributed by atoms with Gasteiger partial charge in [-0.25, -0.2) is 9.78 Å². The third kappa shape index (κ3) is 4.02. The molecule has 0 unspecified atom stereocenters. The largest absolute Gasteiger partial charge is 0.465 e. The number of pyridine rings is 1. The van der Waals surface area contributed by atoms with Crippen LogP contribution in [0, 0.1) is 6.92 Å². The monoisotopic (exact) mass is 446 g/mol. The number of nitrogens with one attached hydrogen (secondary N) is 1. The maximum atomic E-state index is 12.9. The van der Waals surface area contributed by atoms with Crippen LogP contribution in [0.25, 0.3) is 17.0 Å². The normalized spacial score (nSPS) is 16.2. The maximum absolute atomic E-state index is 12.9. The van der Waals surface area contributed by atoms with Crippen molar-refractivity contribution >= 4 is 23.3 Å². The van der Waals surface area contributed by atoms with Gasteiger partial charge in [0.05, 0.1) is 12.1 Å². The fourth-order valence-corrected chi connectivity index (χ4v) is 4.05. The number of nitrogens with zero attached hydrogens (tertiary/aromatic N) is 5. The van der Waals surface area contributed by atoms with Gasteiger partial charge in [0.2, 0.25) is 11.7 Å². The molecule has 1 aliphatic rings. The van der Waals surface area contributed by atoms with Gasteiger partial charge in [-0.15, -0.1) is 0 Å². The number of likely N-dealkylation sites (tertiary alicyclic amines) is 1. The highest BCUT2D eigenvalue weighted by Crippen LogP contribution is 2.29. The molecule has 1 aliphatic heterocycles. The van der Waals surface area contributed by atoms with E-state index in [0.29, 0.717) is 47.4 Å². The van der Waals surface area contributed by atoms with Gasteiger partial charge in [-0.05, 0) is 43.5 Å². The van der Waals surface area contributed by atoms with E-state index in [-0.39, 0.29) is 11.8 Å². The Bertz CT molecular complexity index is 1340. The molecule has 5 rings (SSSR count). The average molecular weight is 446 g/mol. The van der Waals surface area contributed by atoms with Crippen molar-refractivity contribution in [2.75, 3.05) is 18.4 Å². The predicted octanol–water partition coefficient (Wildman–Crippen LogP) is 3.80. The summed E-state index contributed by atoms with van der Waals surface area (Å²) in [5, 5.41) is 16.3. The highest BCUT2D eigenvalue weighted by molar-refractivity contribution is 6.04. The summed E-state index contributed by atoms with van der Waals surface area (Å²) in [4.78, 5) is 34.4. The highest BCUT2D eigenvalue weighted by Gasteiger charge is 2.28. The molecule has 4 heterocycles. The Hall–Kier alpha value is -4.21. The summed E-state index contributed by atoms with van der Waals surface area (Å²) in [6, 6.07) is 11.1. The van der Waals surface area contributed by atoms with Gasteiger partial charge >= 0.3 is 6.09 Å². The number of aryl methyl sites for hydroxylation is 1. The van der Waals surface area contributed by atoms with Gasteiger partial charge in [0.1, 0.15) is 11.3 Å². The van der Waals surface area contributed by atoms with Gasteiger partial charge in [0, 0.05) is 30.5 Å². The molecular weight excluding hydrogens is 424 g/mol. The summed E-state index contributed by atoms with van der Waals surface area (Å²) in [7, 11) is 0. The molecule has 2 N–H and O–H groups in total. The molecule has 1 aromatic carbocycles. The van der Waals surface area contributed by atoms with E-state index in [4.69, 9.17) is 4.52 Å². The van der Waals surface area contributed by atoms with Gasteiger partial charge in [0.25, 0.3) is 5.91 Å². The van der Waals surface area contributed by atoms with E-state index in [2.05, 4.69) is 20.4 Å². The molecule has 2 amide bonds. The number of carboxylic acid groups (broad SMARTS) is 1. The summed E-state index contributed by atoms with van der Waals surface area (Å²) in [6.45, 7) is 2.75. The van der Waals surface area contributed by atoms with Crippen molar-refractivity contribution in [2.24, 2.45) is 0 Å². The number of amides is 2. The lowest BCUT2D eigenvalue weighted by Crippen LogP contribution is -2.38. The number of piperidine rings is 1. The number of carbonyl (C=O) groups is 2. The van der Waals surface area contributed by atoms with E-state index in [0.717, 1.165) is 18.4 Å². The minimum atomic E-state index is -0.940. The number of rotatable bonds is 4. The predicted molar refractivity (Wildman–Crippen MR) is 119 cm³/mol. The second-order valence-corrected chi connectivity index (χ2v) is 8.08. The second-order valence-electron chi connectivity index (χ2n) is 8.08. The number of anilines is 1. The maximum Gasteiger partial charge on any atom is 0.407 e. The molecule has 1 fully saturated rings. The topological polar surface area (TPSA) is 126 Å². The Labute approximate surface area is 188 Å². The van der Waals surface area contributed by atoms with Gasteiger partial charge in [-0.3, -0.25) is 9.20 Å². The number of aromatic nitrogens is 4. The van der Waals surface area contributed by atoms with Crippen LogP contribution >= 0.6 is 0 Å². The van der Waals surface area contributed by atoms with E-state index >= 15 is 0 Å². The molecular formula is C23H22N6O4. The van der Waals surface area contributed by atoms with Crippen molar-refractivity contribution in [1.82, 2.24) is 24.4 Å². The number of carbonyl (C=O) groups excluding carboxylic acids is 1. The molecule has 1 atom stereocenters. The molecule has 0 saturated carbocycles. The van der Waals surface area contributed by atoms with Crippen LogP contribution < -0.4 is 5.32 Å². The van der Waals surface area contributed by atoms with Gasteiger partial charge in [0.15, 0.2) is 0 Å². The molecule has 3 aromatic heterocycles. The lowest BCUT2D eigenvalue weighted by Gasteiger charge is -2.28. The van der Waals surface area contributed by atoms with Crippen molar-refractivity contribution in [3.05, 3.63) is 65.9 Å². The summed E-state index contributed by atoms with van der Waals surface area (Å²) < 4.78 is 7.19. The first-order chi connectivity index (χ1) is 16.0. The summed E-state index contributed by atoms with van der Waals surface area (Å²) in [5.74, 6) is 0.408. The van der Waals surface area contributed by atoms with Gasteiger partial charge in [-0.1, -0.05) is 23.4 Å². The Morgan fingerprint density at radius 2 is 2.12 bits per heavy atom. The number of imidazole rings is 1. The number of hydrogen-bond donors (Lipinski definition) is 2. The molecule has 0 radical (unpaired) electrons. The first-order valence-corrected chi connectivity index (χ1v) is 10.7. The number of fused-ring (bicyclic) bond motifs is 1. The Balaban J connectivity index is 1.37. The zero-order valence-electron chi connectivity index (χ0n) is 17.9. The van der Waals surface area contributed by atoms with Crippen LogP contribution in [0.3, 0.4) is 0 Å². The lowest BCUT2D eigenvalue weighted by atomic mass is 9.98. The fourth-order valence-electron chi connectivity index (χ4n) is 4.05. The molecule has 168 valence electrons. The Morgan fingerprint density at radius 1 is 1.24 bits per heavy atom. The first-order valence-electron chi connectivity index (χ1n) is 10.7. The van der Waals surface area contributed by atoms with Crippen LogP contribution in [0.4, 0.5) is 10.5 Å². The lowest BCUT2D eigenvalue weighted by molar-refractivity contribution is 0.102. The Morgan fingerprint density at radius 3 is 2.97 bits per heavy atom. The van der Waals surface area contributed by atoms with E-state index in [1.807, 2.05) is 37.3 Å². The van der Waals surface area contributed by atoms with Gasteiger partial charge < -0.3 is 19.8 Å². The molecule has 0 aliphatic carbocycles. The smallest absolute Gasteiger partial charge is 0.407 e. The third-order valence-electron chi connectivity index (χ3n) is 5.88. The molecule has 33 heavy (non-hydrogen) atoms. The van der Waals surface area contributed by atoms with Gasteiger partial charge in [-0.2, -0.15) is 4.98 Å². The molecule has 10 heteroatoms. The van der Waals surface area contributed by atoms with Crippen LogP contribution in [-0.2, 0) is 0 Å². The van der Waals surface area contributed by atoms with Crippen LogP contribution in [0.2, 0.25) is 0 Å². The van der Waals surface area contributed by atoms with Crippen LogP contribution in [-0.4, -0.2) is 54.6 Å². The molecule has 0 bridgehead atoms. The van der Waals surface area contributed by atoms with Crippen molar-refractivity contribution < 1.29 is 19.2 Å². The minimum absolute atomic E-state index is 0.129. The fraction of sp³-hybridized carbons (Fsp3) is 0.261. The van der Waals surface area contributed by atoms with Crippen LogP contribution in [0.15, 0.2) is 53.3 Å². The van der Waals surface area contributed by atoms with Crippen LogP contribution in [0.1, 0.15) is 40.7 Å². The summed E-state index contributed by atoms with van der Waals surface area (Å²) in [5.41, 5.74) is 3.32.